The van der Waals surface area contributed by atoms with E-state index in [9.17, 15) is 13.2 Å². The molecular formula is C15H14N2O4S. The van der Waals surface area contributed by atoms with Gasteiger partial charge in [0, 0.05) is 11.8 Å². The van der Waals surface area contributed by atoms with Crippen molar-refractivity contribution >= 4 is 27.3 Å². The Morgan fingerprint density at radius 1 is 1.18 bits per heavy atom. The first-order valence-corrected chi connectivity index (χ1v) is 8.06. The van der Waals surface area contributed by atoms with Gasteiger partial charge in [-0.2, -0.15) is 0 Å². The fourth-order valence-corrected chi connectivity index (χ4v) is 3.37. The average molecular weight is 318 g/mol. The van der Waals surface area contributed by atoms with Crippen molar-refractivity contribution in [1.29, 1.82) is 0 Å². The molecule has 0 bridgehead atoms. The molecule has 1 aliphatic heterocycles. The summed E-state index contributed by atoms with van der Waals surface area (Å²) < 4.78 is 32.4. The molecule has 1 aliphatic rings. The average Bonchev–Trinajstić information content (AvgIpc) is 2.86. The maximum absolute atomic E-state index is 12.4. The van der Waals surface area contributed by atoms with Crippen molar-refractivity contribution in [2.75, 3.05) is 17.1 Å². The Kier molecular flexibility index (Phi) is 3.50. The van der Waals surface area contributed by atoms with Crippen LogP contribution in [0.25, 0.3) is 0 Å². The zero-order chi connectivity index (χ0) is 15.7. The van der Waals surface area contributed by atoms with E-state index in [4.69, 9.17) is 4.74 Å². The highest BCUT2D eigenvalue weighted by Gasteiger charge is 2.21. The Bertz CT molecular complexity index is 846. The third kappa shape index (κ3) is 2.75. The van der Waals surface area contributed by atoms with Crippen molar-refractivity contribution in [1.82, 2.24) is 0 Å². The van der Waals surface area contributed by atoms with Gasteiger partial charge in [-0.1, -0.05) is 6.07 Å². The standard InChI is InChI=1S/C15H14N2O4S/c1-21-12-4-2-3-11(9-12)17-22(19,20)13-5-6-14-10(7-13)8-15(18)16-14/h2-7,9,17H,8H2,1H3,(H,16,18). The number of methoxy groups -OCH3 is 1. The summed E-state index contributed by atoms with van der Waals surface area (Å²) in [6.07, 6.45) is 0.192. The molecule has 0 aliphatic carbocycles. The zero-order valence-corrected chi connectivity index (χ0v) is 12.6. The molecule has 0 radical (unpaired) electrons. The number of anilines is 2. The van der Waals surface area contributed by atoms with Gasteiger partial charge in [0.1, 0.15) is 5.75 Å². The lowest BCUT2D eigenvalue weighted by Crippen LogP contribution is -2.13. The summed E-state index contributed by atoms with van der Waals surface area (Å²) >= 11 is 0. The van der Waals surface area contributed by atoms with E-state index in [0.717, 1.165) is 0 Å². The van der Waals surface area contributed by atoms with Crippen LogP contribution in [-0.4, -0.2) is 21.4 Å². The normalized spacial score (nSPS) is 13.4. The summed E-state index contributed by atoms with van der Waals surface area (Å²) in [6, 6.07) is 11.2. The topological polar surface area (TPSA) is 84.5 Å². The summed E-state index contributed by atoms with van der Waals surface area (Å²) in [4.78, 5) is 11.4. The summed E-state index contributed by atoms with van der Waals surface area (Å²) in [5.74, 6) is 0.425. The molecule has 0 atom stereocenters. The van der Waals surface area contributed by atoms with E-state index in [1.54, 1.807) is 30.3 Å². The number of nitrogens with one attached hydrogen (secondary N) is 2. The fraction of sp³-hybridized carbons (Fsp3) is 0.133. The highest BCUT2D eigenvalue weighted by atomic mass is 32.2. The Morgan fingerprint density at radius 2 is 2.00 bits per heavy atom. The molecule has 114 valence electrons. The van der Waals surface area contributed by atoms with Gasteiger partial charge in [-0.25, -0.2) is 8.42 Å². The SMILES string of the molecule is COc1cccc(NS(=O)(=O)c2ccc3c(c2)CC(=O)N3)c1. The van der Waals surface area contributed by atoms with Gasteiger partial charge in [-0.05, 0) is 35.9 Å². The molecule has 3 rings (SSSR count). The van der Waals surface area contributed by atoms with Gasteiger partial charge >= 0.3 is 0 Å². The van der Waals surface area contributed by atoms with Gasteiger partial charge in [0.05, 0.1) is 24.1 Å². The molecule has 2 N–H and O–H groups in total. The molecule has 0 fully saturated rings. The second kappa shape index (κ2) is 5.34. The second-order valence-electron chi connectivity index (χ2n) is 4.88. The van der Waals surface area contributed by atoms with Gasteiger partial charge in [0.2, 0.25) is 5.91 Å². The van der Waals surface area contributed by atoms with Crippen molar-refractivity contribution < 1.29 is 17.9 Å². The number of fused-ring (bicyclic) bond motifs is 1. The minimum atomic E-state index is -3.72. The van der Waals surface area contributed by atoms with Crippen LogP contribution in [-0.2, 0) is 21.2 Å². The number of hydrogen-bond donors (Lipinski definition) is 2. The van der Waals surface area contributed by atoms with Crippen molar-refractivity contribution in [3.05, 3.63) is 48.0 Å². The minimum Gasteiger partial charge on any atom is -0.497 e. The van der Waals surface area contributed by atoms with Crippen molar-refractivity contribution in [3.8, 4) is 5.75 Å². The highest BCUT2D eigenvalue weighted by Crippen LogP contribution is 2.27. The van der Waals surface area contributed by atoms with Crippen LogP contribution in [0, 0.1) is 0 Å². The molecule has 0 saturated heterocycles. The summed E-state index contributed by atoms with van der Waals surface area (Å²) in [6.45, 7) is 0. The Morgan fingerprint density at radius 3 is 2.77 bits per heavy atom. The molecule has 22 heavy (non-hydrogen) atoms. The lowest BCUT2D eigenvalue weighted by molar-refractivity contribution is -0.115. The number of carbonyl (C=O) groups excluding carboxylic acids is 1. The number of hydrogen-bond acceptors (Lipinski definition) is 4. The number of rotatable bonds is 4. The molecule has 2 aromatic rings. The first-order chi connectivity index (χ1) is 10.5. The summed E-state index contributed by atoms with van der Waals surface area (Å²) in [5.41, 5.74) is 1.75. The lowest BCUT2D eigenvalue weighted by atomic mass is 10.2. The molecule has 2 aromatic carbocycles. The molecule has 6 nitrogen and oxygen atoms in total. The van der Waals surface area contributed by atoms with E-state index in [1.807, 2.05) is 0 Å². The maximum atomic E-state index is 12.4. The number of carbonyl (C=O) groups is 1. The second-order valence-corrected chi connectivity index (χ2v) is 6.56. The monoisotopic (exact) mass is 318 g/mol. The lowest BCUT2D eigenvalue weighted by Gasteiger charge is -2.10. The first-order valence-electron chi connectivity index (χ1n) is 6.57. The van der Waals surface area contributed by atoms with Crippen LogP contribution in [0.3, 0.4) is 0 Å². The van der Waals surface area contributed by atoms with E-state index >= 15 is 0 Å². The molecule has 0 saturated carbocycles. The van der Waals surface area contributed by atoms with Gasteiger partial charge in [-0.15, -0.1) is 0 Å². The number of amides is 1. The number of benzene rings is 2. The zero-order valence-electron chi connectivity index (χ0n) is 11.8. The number of sulfonamides is 1. The van der Waals surface area contributed by atoms with Crippen molar-refractivity contribution in [3.63, 3.8) is 0 Å². The third-order valence-electron chi connectivity index (χ3n) is 3.33. The molecule has 1 heterocycles. The molecule has 7 heteroatoms. The molecule has 1 amide bonds. The molecule has 0 spiro atoms. The third-order valence-corrected chi connectivity index (χ3v) is 4.71. The van der Waals surface area contributed by atoms with E-state index in [-0.39, 0.29) is 17.2 Å². The van der Waals surface area contributed by atoms with Gasteiger partial charge in [0.15, 0.2) is 0 Å². The van der Waals surface area contributed by atoms with Crippen molar-refractivity contribution in [2.24, 2.45) is 0 Å². The minimum absolute atomic E-state index is 0.116. The van der Waals surface area contributed by atoms with Crippen LogP contribution in [0.2, 0.25) is 0 Å². The fourth-order valence-electron chi connectivity index (χ4n) is 2.27. The van der Waals surface area contributed by atoms with E-state index in [1.165, 1.54) is 19.2 Å². The van der Waals surface area contributed by atoms with Gasteiger partial charge in [0.25, 0.3) is 10.0 Å². The Labute approximate surface area is 128 Å². The summed E-state index contributed by atoms with van der Waals surface area (Å²) in [7, 11) is -2.21. The predicted molar refractivity (Wildman–Crippen MR) is 82.6 cm³/mol. The Balaban J connectivity index is 1.90. The smallest absolute Gasteiger partial charge is 0.261 e. The van der Waals surface area contributed by atoms with Crippen molar-refractivity contribution in [2.45, 2.75) is 11.3 Å². The first kappa shape index (κ1) is 14.4. The molecule has 0 aromatic heterocycles. The Hall–Kier alpha value is -2.54. The summed E-state index contributed by atoms with van der Waals surface area (Å²) in [5, 5.41) is 2.67. The van der Waals surface area contributed by atoms with E-state index < -0.39 is 10.0 Å². The van der Waals surface area contributed by atoms with Crippen LogP contribution in [0.15, 0.2) is 47.4 Å². The van der Waals surface area contributed by atoms with Crippen LogP contribution >= 0.6 is 0 Å². The number of ether oxygens (including phenoxy) is 1. The maximum Gasteiger partial charge on any atom is 0.261 e. The van der Waals surface area contributed by atoms with Gasteiger partial charge in [-0.3, -0.25) is 9.52 Å². The largest absolute Gasteiger partial charge is 0.497 e. The van der Waals surface area contributed by atoms with Crippen LogP contribution in [0.4, 0.5) is 11.4 Å². The van der Waals surface area contributed by atoms with Crippen LogP contribution in [0.1, 0.15) is 5.56 Å². The predicted octanol–water partition coefficient (Wildman–Crippen LogP) is 1.99. The quantitative estimate of drug-likeness (QED) is 0.903. The van der Waals surface area contributed by atoms with E-state index in [2.05, 4.69) is 10.0 Å². The van der Waals surface area contributed by atoms with Crippen LogP contribution in [0.5, 0.6) is 5.75 Å². The van der Waals surface area contributed by atoms with E-state index in [0.29, 0.717) is 22.7 Å². The van der Waals surface area contributed by atoms with Gasteiger partial charge < -0.3 is 10.1 Å². The highest BCUT2D eigenvalue weighted by molar-refractivity contribution is 7.92. The molecule has 0 unspecified atom stereocenters. The molecular weight excluding hydrogens is 304 g/mol. The van der Waals surface area contributed by atoms with Crippen LogP contribution < -0.4 is 14.8 Å².